The van der Waals surface area contributed by atoms with Crippen LogP contribution < -0.4 is 5.73 Å². The summed E-state index contributed by atoms with van der Waals surface area (Å²) in [4.78, 5) is 4.73. The number of aromatic hydroxyl groups is 1. The highest BCUT2D eigenvalue weighted by atomic mass is 16.3. The second-order valence-corrected chi connectivity index (χ2v) is 5.77. The molecule has 0 aromatic heterocycles. The number of aryl methyl sites for hydroxylation is 2. The molecule has 0 saturated heterocycles. The Morgan fingerprint density at radius 1 is 1.40 bits per heavy atom. The van der Waals surface area contributed by atoms with Crippen molar-refractivity contribution >= 4 is 5.71 Å². The predicted molar refractivity (Wildman–Crippen MR) is 84.7 cm³/mol. The van der Waals surface area contributed by atoms with Crippen molar-refractivity contribution in [1.29, 1.82) is 0 Å². The molecule has 0 radical (unpaired) electrons. The number of aliphatic imine (C=N–C) groups is 1. The molecule has 1 unspecified atom stereocenters. The first-order chi connectivity index (χ1) is 9.65. The first-order valence-corrected chi connectivity index (χ1v) is 7.75. The fourth-order valence-corrected chi connectivity index (χ4v) is 2.83. The Balaban J connectivity index is 2.34. The zero-order valence-electron chi connectivity index (χ0n) is 12.7. The van der Waals surface area contributed by atoms with Crippen molar-refractivity contribution in [2.75, 3.05) is 6.54 Å². The fourth-order valence-electron chi connectivity index (χ4n) is 2.83. The van der Waals surface area contributed by atoms with Crippen molar-refractivity contribution in [2.24, 2.45) is 10.7 Å². The van der Waals surface area contributed by atoms with Gasteiger partial charge in [-0.1, -0.05) is 19.4 Å². The second kappa shape index (κ2) is 6.89. The summed E-state index contributed by atoms with van der Waals surface area (Å²) >= 11 is 0. The average molecular weight is 274 g/mol. The van der Waals surface area contributed by atoms with Crippen molar-refractivity contribution < 1.29 is 5.11 Å². The van der Waals surface area contributed by atoms with Crippen LogP contribution in [0.25, 0.3) is 0 Å². The summed E-state index contributed by atoms with van der Waals surface area (Å²) < 4.78 is 0. The van der Waals surface area contributed by atoms with Crippen molar-refractivity contribution in [3.05, 3.63) is 28.8 Å². The zero-order valence-corrected chi connectivity index (χ0v) is 12.7. The maximum Gasteiger partial charge on any atom is 0.127 e. The number of nitrogens with zero attached hydrogens (tertiary/aromatic N) is 1. The van der Waals surface area contributed by atoms with Gasteiger partial charge in [-0.15, -0.1) is 0 Å². The minimum absolute atomic E-state index is 0.220. The van der Waals surface area contributed by atoms with Gasteiger partial charge in [0.2, 0.25) is 0 Å². The Hall–Kier alpha value is -1.35. The molecule has 1 atom stereocenters. The average Bonchev–Trinajstić information content (AvgIpc) is 2.48. The lowest BCUT2D eigenvalue weighted by molar-refractivity contribution is 0.468. The number of rotatable bonds is 5. The third kappa shape index (κ3) is 3.40. The smallest absolute Gasteiger partial charge is 0.127 e. The highest BCUT2D eigenvalue weighted by molar-refractivity contribution is 6.03. The van der Waals surface area contributed by atoms with Crippen LogP contribution >= 0.6 is 0 Å². The van der Waals surface area contributed by atoms with Crippen molar-refractivity contribution in [3.63, 3.8) is 0 Å². The van der Waals surface area contributed by atoms with E-state index < -0.39 is 0 Å². The Morgan fingerprint density at radius 2 is 2.20 bits per heavy atom. The Kier molecular flexibility index (Phi) is 5.18. The van der Waals surface area contributed by atoms with Gasteiger partial charge in [-0.2, -0.15) is 0 Å². The third-order valence-corrected chi connectivity index (χ3v) is 4.05. The molecule has 3 nitrogen and oxygen atoms in total. The van der Waals surface area contributed by atoms with Gasteiger partial charge in [0.1, 0.15) is 5.75 Å². The van der Waals surface area contributed by atoms with E-state index in [1.54, 1.807) is 0 Å². The van der Waals surface area contributed by atoms with Gasteiger partial charge in [-0.25, -0.2) is 0 Å². The lowest BCUT2D eigenvalue weighted by atomic mass is 9.93. The Bertz CT molecular complexity index is 494. The molecule has 0 amide bonds. The number of hydrogen-bond acceptors (Lipinski definition) is 3. The summed E-state index contributed by atoms with van der Waals surface area (Å²) in [5, 5.41) is 10.3. The van der Waals surface area contributed by atoms with E-state index in [4.69, 9.17) is 10.7 Å². The van der Waals surface area contributed by atoms with Crippen LogP contribution in [-0.2, 0) is 6.42 Å². The first-order valence-electron chi connectivity index (χ1n) is 7.75. The molecule has 1 aliphatic heterocycles. The van der Waals surface area contributed by atoms with Gasteiger partial charge >= 0.3 is 0 Å². The molecule has 0 aliphatic carbocycles. The number of hydrogen-bond donors (Lipinski definition) is 2. The Morgan fingerprint density at radius 3 is 2.90 bits per heavy atom. The van der Waals surface area contributed by atoms with E-state index >= 15 is 0 Å². The molecular formula is C17H26N2O. The SMILES string of the molecule is CCCCc1cc(C)c(O)c(C2=NC(CN)CCC2)c1. The molecule has 1 aliphatic rings. The number of phenols is 1. The van der Waals surface area contributed by atoms with Crippen LogP contribution in [0.2, 0.25) is 0 Å². The summed E-state index contributed by atoms with van der Waals surface area (Å²) in [5.74, 6) is 0.390. The van der Waals surface area contributed by atoms with Gasteiger partial charge in [-0.3, -0.25) is 4.99 Å². The van der Waals surface area contributed by atoms with E-state index in [9.17, 15) is 5.11 Å². The van der Waals surface area contributed by atoms with Gasteiger partial charge < -0.3 is 10.8 Å². The number of nitrogens with two attached hydrogens (primary N) is 1. The van der Waals surface area contributed by atoms with Crippen LogP contribution in [0, 0.1) is 6.92 Å². The molecule has 3 N–H and O–H groups in total. The lowest BCUT2D eigenvalue weighted by Gasteiger charge is -2.21. The first kappa shape index (κ1) is 15.0. The summed E-state index contributed by atoms with van der Waals surface area (Å²) in [6.07, 6.45) is 6.56. The number of phenolic OH excluding ortho intramolecular Hbond substituents is 1. The predicted octanol–water partition coefficient (Wildman–Crippen LogP) is 3.34. The summed E-state index contributed by atoms with van der Waals surface area (Å²) in [5.41, 5.74) is 9.95. The van der Waals surface area contributed by atoms with Crippen LogP contribution in [0.15, 0.2) is 17.1 Å². The summed E-state index contributed by atoms with van der Waals surface area (Å²) in [7, 11) is 0. The number of unbranched alkanes of at least 4 members (excludes halogenated alkanes) is 1. The van der Waals surface area contributed by atoms with Crippen molar-refractivity contribution in [3.8, 4) is 5.75 Å². The van der Waals surface area contributed by atoms with Gasteiger partial charge in [0.15, 0.2) is 0 Å². The van der Waals surface area contributed by atoms with E-state index in [1.165, 1.54) is 18.4 Å². The molecule has 0 saturated carbocycles. The summed E-state index contributed by atoms with van der Waals surface area (Å²) in [6.45, 7) is 4.77. The standard InChI is InChI=1S/C17H26N2O/c1-3-4-6-13-9-12(2)17(20)15(10-13)16-8-5-7-14(11-18)19-16/h9-10,14,20H,3-8,11,18H2,1-2H3. The van der Waals surface area contributed by atoms with Crippen LogP contribution in [0.4, 0.5) is 0 Å². The third-order valence-electron chi connectivity index (χ3n) is 4.05. The molecule has 1 aromatic rings. The fraction of sp³-hybridized carbons (Fsp3) is 0.588. The second-order valence-electron chi connectivity index (χ2n) is 5.77. The lowest BCUT2D eigenvalue weighted by Crippen LogP contribution is -2.24. The molecule has 1 heterocycles. The molecule has 110 valence electrons. The molecule has 2 rings (SSSR count). The maximum atomic E-state index is 10.3. The van der Waals surface area contributed by atoms with Crippen LogP contribution in [0.5, 0.6) is 5.75 Å². The van der Waals surface area contributed by atoms with E-state index in [0.29, 0.717) is 12.3 Å². The molecule has 1 aromatic carbocycles. The van der Waals surface area contributed by atoms with Gasteiger partial charge in [-0.05, 0) is 56.2 Å². The van der Waals surface area contributed by atoms with Crippen molar-refractivity contribution in [2.45, 2.75) is 58.4 Å². The largest absolute Gasteiger partial charge is 0.507 e. The van der Waals surface area contributed by atoms with Crippen LogP contribution in [-0.4, -0.2) is 23.4 Å². The van der Waals surface area contributed by atoms with Gasteiger partial charge in [0, 0.05) is 17.8 Å². The minimum atomic E-state index is 0.220. The molecule has 0 bridgehead atoms. The van der Waals surface area contributed by atoms with E-state index in [1.807, 2.05) is 6.92 Å². The topological polar surface area (TPSA) is 58.6 Å². The number of benzene rings is 1. The van der Waals surface area contributed by atoms with Gasteiger partial charge in [0.25, 0.3) is 0 Å². The zero-order chi connectivity index (χ0) is 14.5. The summed E-state index contributed by atoms with van der Waals surface area (Å²) in [6, 6.07) is 4.44. The van der Waals surface area contributed by atoms with Crippen LogP contribution in [0.1, 0.15) is 55.7 Å². The Labute approximate surface area is 121 Å². The highest BCUT2D eigenvalue weighted by Crippen LogP contribution is 2.29. The van der Waals surface area contributed by atoms with Crippen LogP contribution in [0.3, 0.4) is 0 Å². The van der Waals surface area contributed by atoms with E-state index in [-0.39, 0.29) is 6.04 Å². The van der Waals surface area contributed by atoms with Gasteiger partial charge in [0.05, 0.1) is 6.04 Å². The van der Waals surface area contributed by atoms with E-state index in [2.05, 4.69) is 19.1 Å². The van der Waals surface area contributed by atoms with E-state index in [0.717, 1.165) is 42.5 Å². The normalized spacial score (nSPS) is 18.9. The molecule has 20 heavy (non-hydrogen) atoms. The molecular weight excluding hydrogens is 248 g/mol. The molecule has 0 spiro atoms. The minimum Gasteiger partial charge on any atom is -0.507 e. The van der Waals surface area contributed by atoms with Crippen molar-refractivity contribution in [1.82, 2.24) is 0 Å². The molecule has 3 heteroatoms. The quantitative estimate of drug-likeness (QED) is 0.865. The highest BCUT2D eigenvalue weighted by Gasteiger charge is 2.18. The maximum absolute atomic E-state index is 10.3. The molecule has 0 fully saturated rings. The monoisotopic (exact) mass is 274 g/mol.